The van der Waals surface area contributed by atoms with E-state index in [0.29, 0.717) is 16.8 Å². The third-order valence-corrected chi connectivity index (χ3v) is 4.57. The zero-order valence-electron chi connectivity index (χ0n) is 17.3. The van der Waals surface area contributed by atoms with E-state index in [1.54, 1.807) is 0 Å². The van der Waals surface area contributed by atoms with Crippen molar-refractivity contribution in [2.24, 2.45) is 0 Å². The van der Waals surface area contributed by atoms with E-state index in [4.69, 9.17) is 4.74 Å². The molecule has 0 saturated heterocycles. The molecule has 3 rings (SSSR count). The van der Waals surface area contributed by atoms with Crippen LogP contribution >= 0.6 is 0 Å². The summed E-state index contributed by atoms with van der Waals surface area (Å²) in [7, 11) is -5.25. The summed E-state index contributed by atoms with van der Waals surface area (Å²) in [5, 5.41) is 6.10. The van der Waals surface area contributed by atoms with Gasteiger partial charge in [-0.25, -0.2) is 18.3 Å². The Hall–Kier alpha value is -3.82. The Balaban J connectivity index is 1.87. The Morgan fingerprint density at radius 1 is 1.06 bits per heavy atom. The van der Waals surface area contributed by atoms with E-state index in [1.807, 2.05) is 0 Å². The average Bonchev–Trinajstić information content (AvgIpc) is 3.19. The van der Waals surface area contributed by atoms with Crippen molar-refractivity contribution in [2.45, 2.75) is 19.7 Å². The zero-order valence-corrected chi connectivity index (χ0v) is 18.2. The van der Waals surface area contributed by atoms with Crippen LogP contribution in [0.3, 0.4) is 0 Å². The van der Waals surface area contributed by atoms with E-state index in [1.165, 1.54) is 6.92 Å². The van der Waals surface area contributed by atoms with Gasteiger partial charge in [0.1, 0.15) is 29.7 Å². The number of ether oxygens (including phenoxy) is 2. The number of rotatable bonds is 8. The number of aromatic nitrogens is 3. The van der Waals surface area contributed by atoms with Gasteiger partial charge in [0.15, 0.2) is 5.69 Å². The summed E-state index contributed by atoms with van der Waals surface area (Å²) in [4.78, 5) is 12.1. The molecule has 1 aromatic heterocycles. The van der Waals surface area contributed by atoms with Crippen LogP contribution in [0.1, 0.15) is 28.7 Å². The molecular formula is C19H13F6N3O6S. The second-order valence-corrected chi connectivity index (χ2v) is 7.49. The molecule has 0 atom stereocenters. The van der Waals surface area contributed by atoms with E-state index in [2.05, 4.69) is 19.2 Å². The molecule has 35 heavy (non-hydrogen) atoms. The van der Waals surface area contributed by atoms with Gasteiger partial charge in [-0.05, 0) is 31.2 Å². The molecule has 0 spiro atoms. The number of carbonyl (C=O) groups is 1. The van der Waals surface area contributed by atoms with Crippen molar-refractivity contribution in [1.29, 1.82) is 0 Å². The van der Waals surface area contributed by atoms with Crippen molar-refractivity contribution in [3.63, 3.8) is 0 Å². The second kappa shape index (κ2) is 9.81. The number of nitrogens with zero attached hydrogens (tertiary/aromatic N) is 3. The quantitative estimate of drug-likeness (QED) is 0.247. The van der Waals surface area contributed by atoms with Crippen LogP contribution in [0.15, 0.2) is 36.4 Å². The van der Waals surface area contributed by atoms with Gasteiger partial charge in [0, 0.05) is 12.1 Å². The highest BCUT2D eigenvalue weighted by Gasteiger charge is 2.42. The first-order valence-corrected chi connectivity index (χ1v) is 10.7. The number of alkyl halides is 3. The first-order chi connectivity index (χ1) is 16.3. The average molecular weight is 525 g/mol. The third kappa shape index (κ3) is 6.20. The van der Waals surface area contributed by atoms with Gasteiger partial charge in [0.25, 0.3) is 0 Å². The molecule has 9 nitrogen and oxygen atoms in total. The van der Waals surface area contributed by atoms with E-state index in [0.717, 1.165) is 24.3 Å². The number of benzene rings is 2. The molecule has 188 valence electrons. The highest BCUT2D eigenvalue weighted by atomic mass is 32.3. The summed E-state index contributed by atoms with van der Waals surface area (Å²) in [5.41, 5.74) is -4.07. The lowest BCUT2D eigenvalue weighted by Gasteiger charge is -2.12. The van der Waals surface area contributed by atoms with Gasteiger partial charge < -0.3 is 13.7 Å². The SMILES string of the molecule is CCOC(=O)c1c(C(F)(F)F)nnn1-c1cc(F)c(COc2ccc(OS(=O)(=O)F)cc2)c(F)c1. The molecule has 0 fully saturated rings. The van der Waals surface area contributed by atoms with Crippen LogP contribution in [0.2, 0.25) is 0 Å². The fourth-order valence-corrected chi connectivity index (χ4v) is 3.09. The van der Waals surface area contributed by atoms with E-state index in [9.17, 15) is 39.1 Å². The van der Waals surface area contributed by atoms with Crippen LogP contribution in [0.4, 0.5) is 25.8 Å². The number of carbonyl (C=O) groups excluding carboxylic acids is 1. The van der Waals surface area contributed by atoms with Gasteiger partial charge in [0.05, 0.1) is 17.9 Å². The minimum absolute atomic E-state index is 0.00725. The lowest BCUT2D eigenvalue weighted by Crippen LogP contribution is -2.18. The molecule has 16 heteroatoms. The predicted octanol–water partition coefficient (Wildman–Crippen LogP) is 3.91. The molecule has 0 saturated carbocycles. The Bertz CT molecular complexity index is 1320. The third-order valence-electron chi connectivity index (χ3n) is 4.18. The highest BCUT2D eigenvalue weighted by molar-refractivity contribution is 7.81. The molecule has 1 heterocycles. The largest absolute Gasteiger partial charge is 0.489 e. The highest BCUT2D eigenvalue weighted by Crippen LogP contribution is 2.32. The molecule has 0 aliphatic carbocycles. The number of hydrogen-bond donors (Lipinski definition) is 0. The first kappa shape index (κ1) is 25.8. The molecule has 3 aromatic rings. The summed E-state index contributed by atoms with van der Waals surface area (Å²) in [5.74, 6) is -4.34. The van der Waals surface area contributed by atoms with Crippen molar-refractivity contribution in [3.05, 3.63) is 65.0 Å². The van der Waals surface area contributed by atoms with E-state index in [-0.39, 0.29) is 18.1 Å². The molecule has 0 N–H and O–H groups in total. The van der Waals surface area contributed by atoms with Crippen LogP contribution in [-0.2, 0) is 28.0 Å². The van der Waals surface area contributed by atoms with Gasteiger partial charge in [-0.15, -0.1) is 5.10 Å². The second-order valence-electron chi connectivity index (χ2n) is 6.54. The fourth-order valence-electron chi connectivity index (χ4n) is 2.75. The van der Waals surface area contributed by atoms with Crippen molar-refractivity contribution < 1.29 is 52.7 Å². The van der Waals surface area contributed by atoms with Gasteiger partial charge in [-0.3, -0.25) is 0 Å². The van der Waals surface area contributed by atoms with Crippen LogP contribution < -0.4 is 8.92 Å². The summed E-state index contributed by atoms with van der Waals surface area (Å²) < 4.78 is 116. The summed E-state index contributed by atoms with van der Waals surface area (Å²) >= 11 is 0. The van der Waals surface area contributed by atoms with Crippen LogP contribution in [-0.4, -0.2) is 36.0 Å². The first-order valence-electron chi connectivity index (χ1n) is 9.35. The molecule has 0 aliphatic rings. The summed E-state index contributed by atoms with van der Waals surface area (Å²) in [6.45, 7) is 0.364. The van der Waals surface area contributed by atoms with Crippen LogP contribution in [0.25, 0.3) is 5.69 Å². The fraction of sp³-hybridized carbons (Fsp3) is 0.211. The van der Waals surface area contributed by atoms with Gasteiger partial charge >= 0.3 is 22.6 Å². The predicted molar refractivity (Wildman–Crippen MR) is 104 cm³/mol. The molecular weight excluding hydrogens is 512 g/mol. The number of hydrogen-bond acceptors (Lipinski definition) is 8. The molecule has 2 aromatic carbocycles. The monoisotopic (exact) mass is 525 g/mol. The molecule has 0 amide bonds. The van der Waals surface area contributed by atoms with Crippen molar-refractivity contribution in [1.82, 2.24) is 15.0 Å². The maximum absolute atomic E-state index is 14.6. The Kier molecular flexibility index (Phi) is 7.23. The van der Waals surface area contributed by atoms with Crippen molar-refractivity contribution >= 4 is 16.5 Å². The Labute approximate surface area is 193 Å². The van der Waals surface area contributed by atoms with Gasteiger partial charge in [-0.1, -0.05) is 9.10 Å². The standard InChI is InChI=1S/C19H13F6N3O6S/c1-2-32-18(29)16-17(19(22,23)24)26-27-28(16)10-7-14(20)13(15(21)8-10)9-33-11-3-5-12(6-4-11)34-35(25,30)31/h3-8H,2,9H2,1H3. The van der Waals surface area contributed by atoms with E-state index >= 15 is 0 Å². The molecule has 0 bridgehead atoms. The number of esters is 1. The molecule has 0 aliphatic heterocycles. The Morgan fingerprint density at radius 2 is 1.63 bits per heavy atom. The molecule has 0 radical (unpaired) electrons. The topological polar surface area (TPSA) is 110 Å². The van der Waals surface area contributed by atoms with Gasteiger partial charge in [-0.2, -0.15) is 21.6 Å². The zero-order chi connectivity index (χ0) is 26.0. The lowest BCUT2D eigenvalue weighted by atomic mass is 10.1. The lowest BCUT2D eigenvalue weighted by molar-refractivity contribution is -0.141. The smallest absolute Gasteiger partial charge is 0.488 e. The van der Waals surface area contributed by atoms with Crippen molar-refractivity contribution in [2.75, 3.05) is 6.61 Å². The van der Waals surface area contributed by atoms with Crippen LogP contribution in [0, 0.1) is 11.6 Å². The Morgan fingerprint density at radius 3 is 2.14 bits per heavy atom. The minimum atomic E-state index is -5.25. The summed E-state index contributed by atoms with van der Waals surface area (Å²) in [6, 6.07) is 5.52. The van der Waals surface area contributed by atoms with E-state index < -0.39 is 63.5 Å². The number of halogens is 6. The van der Waals surface area contributed by atoms with Gasteiger partial charge in [0.2, 0.25) is 5.69 Å². The normalized spacial score (nSPS) is 11.9. The summed E-state index contributed by atoms with van der Waals surface area (Å²) in [6.07, 6.45) is -5.10. The maximum atomic E-state index is 14.6. The minimum Gasteiger partial charge on any atom is -0.489 e. The molecule has 0 unspecified atom stereocenters. The van der Waals surface area contributed by atoms with Crippen LogP contribution in [0.5, 0.6) is 11.5 Å². The van der Waals surface area contributed by atoms with Crippen molar-refractivity contribution in [3.8, 4) is 17.2 Å². The maximum Gasteiger partial charge on any atom is 0.488 e.